The molecule has 1 aromatic heterocycles. The average molecular weight is 494 g/mol. The van der Waals surface area contributed by atoms with Crippen molar-refractivity contribution in [1.29, 1.82) is 0 Å². The van der Waals surface area contributed by atoms with Crippen LogP contribution < -0.4 is 10.1 Å². The van der Waals surface area contributed by atoms with Gasteiger partial charge >= 0.3 is 12.0 Å². The first-order chi connectivity index (χ1) is 17.0. The minimum atomic E-state index is -0.893. The summed E-state index contributed by atoms with van der Waals surface area (Å²) >= 11 is 0. The van der Waals surface area contributed by atoms with E-state index in [1.54, 1.807) is 12.1 Å². The second-order valence-electron chi connectivity index (χ2n) is 10.3. The second-order valence-corrected chi connectivity index (χ2v) is 10.3. The van der Waals surface area contributed by atoms with Crippen LogP contribution in [0.1, 0.15) is 69.8 Å². The highest BCUT2D eigenvalue weighted by atomic mass is 16.6. The van der Waals surface area contributed by atoms with Crippen molar-refractivity contribution >= 4 is 17.4 Å². The Kier molecular flexibility index (Phi) is 8.85. The fraction of sp³-hybridized carbons (Fsp3) is 0.429. The van der Waals surface area contributed by atoms with E-state index in [2.05, 4.69) is 62.3 Å². The molecule has 0 unspecified atom stereocenters. The lowest BCUT2D eigenvalue weighted by atomic mass is 9.87. The van der Waals surface area contributed by atoms with E-state index in [1.165, 1.54) is 5.56 Å². The molecular weight excluding hydrogens is 458 g/mol. The Balaban J connectivity index is 1.56. The summed E-state index contributed by atoms with van der Waals surface area (Å²) in [6.45, 7) is 11.0. The summed E-state index contributed by atoms with van der Waals surface area (Å²) in [6, 6.07) is 15.2. The molecule has 3 rings (SSSR count). The van der Waals surface area contributed by atoms with Crippen molar-refractivity contribution < 1.29 is 23.8 Å². The van der Waals surface area contributed by atoms with Gasteiger partial charge in [-0.15, -0.1) is 5.10 Å². The van der Waals surface area contributed by atoms with E-state index in [-0.39, 0.29) is 42.1 Å². The maximum Gasteiger partial charge on any atom is 0.414 e. The molecule has 0 bridgehead atoms. The first kappa shape index (κ1) is 26.9. The van der Waals surface area contributed by atoms with Crippen LogP contribution in [0.25, 0.3) is 11.5 Å². The van der Waals surface area contributed by atoms with E-state index >= 15 is 0 Å². The molecule has 0 fully saturated rings. The van der Waals surface area contributed by atoms with E-state index in [0.29, 0.717) is 24.5 Å². The fourth-order valence-corrected chi connectivity index (χ4v) is 3.57. The Morgan fingerprint density at radius 1 is 1.00 bits per heavy atom. The number of ketones is 1. The van der Waals surface area contributed by atoms with Gasteiger partial charge in [-0.3, -0.25) is 9.59 Å². The summed E-state index contributed by atoms with van der Waals surface area (Å²) in [5.74, 6) is -0.305. The molecule has 8 nitrogen and oxygen atoms in total. The van der Waals surface area contributed by atoms with Gasteiger partial charge in [-0.25, -0.2) is 0 Å². The monoisotopic (exact) mass is 493 g/mol. The molecule has 0 saturated heterocycles. The van der Waals surface area contributed by atoms with E-state index in [4.69, 9.17) is 14.3 Å². The predicted molar refractivity (Wildman–Crippen MR) is 138 cm³/mol. The number of rotatable bonds is 12. The number of aliphatic carboxylic acids is 1. The van der Waals surface area contributed by atoms with Gasteiger partial charge in [0.15, 0.2) is 5.78 Å². The van der Waals surface area contributed by atoms with Crippen LogP contribution >= 0.6 is 0 Å². The van der Waals surface area contributed by atoms with Gasteiger partial charge in [0.05, 0.1) is 6.04 Å². The van der Waals surface area contributed by atoms with Gasteiger partial charge in [-0.2, -0.15) is 0 Å². The molecule has 8 heteroatoms. The van der Waals surface area contributed by atoms with E-state index < -0.39 is 5.97 Å². The number of Topliss-reactive ketones (excluding diaryl/α,β-unsaturated/α-hetero) is 1. The first-order valence-corrected chi connectivity index (χ1v) is 12.2. The zero-order chi connectivity index (χ0) is 26.3. The van der Waals surface area contributed by atoms with Crippen LogP contribution in [0.2, 0.25) is 0 Å². The molecule has 0 aliphatic carbocycles. The summed E-state index contributed by atoms with van der Waals surface area (Å²) in [5, 5.41) is 20.3. The Morgan fingerprint density at radius 2 is 1.67 bits per heavy atom. The zero-order valence-electron chi connectivity index (χ0n) is 21.6. The third kappa shape index (κ3) is 7.66. The van der Waals surface area contributed by atoms with Gasteiger partial charge in [0, 0.05) is 29.7 Å². The van der Waals surface area contributed by atoms with E-state index in [1.807, 2.05) is 24.3 Å². The Labute approximate surface area is 212 Å². The summed E-state index contributed by atoms with van der Waals surface area (Å²) in [6.07, 6.45) is 0.654. The van der Waals surface area contributed by atoms with Crippen LogP contribution in [0.3, 0.4) is 0 Å². The molecular formula is C28H35N3O5. The molecule has 1 atom stereocenters. The number of anilines is 1. The third-order valence-corrected chi connectivity index (χ3v) is 5.95. The van der Waals surface area contributed by atoms with Crippen molar-refractivity contribution in [1.82, 2.24) is 10.2 Å². The molecule has 0 saturated carbocycles. The molecule has 36 heavy (non-hydrogen) atoms. The van der Waals surface area contributed by atoms with Gasteiger partial charge in [0.1, 0.15) is 6.61 Å². The number of carbonyl (C=O) groups is 2. The van der Waals surface area contributed by atoms with Gasteiger partial charge in [0.2, 0.25) is 0 Å². The number of hydrogen-bond donors (Lipinski definition) is 2. The smallest absolute Gasteiger partial charge is 0.414 e. The topological polar surface area (TPSA) is 115 Å². The molecule has 1 heterocycles. The van der Waals surface area contributed by atoms with Crippen molar-refractivity contribution in [3.8, 4) is 17.5 Å². The molecule has 0 radical (unpaired) electrons. The Morgan fingerprint density at radius 3 is 2.25 bits per heavy atom. The molecule has 0 spiro atoms. The quantitative estimate of drug-likeness (QED) is 0.296. The van der Waals surface area contributed by atoms with Crippen LogP contribution in [-0.4, -0.2) is 39.7 Å². The number of benzene rings is 2. The molecule has 0 aliphatic rings. The standard InChI is InChI=1S/C28H35N3O5/c1-18(2)23(29-22-15-11-19(12-16-22)24(32)7-6-8-25(33)34)17-35-27-31-30-26(36-27)20-9-13-21(14-10-20)28(3,4)5/h9-16,18,23,29H,6-8,17H2,1-5H3,(H,33,34)/t23-/m1/s1. The van der Waals surface area contributed by atoms with Crippen molar-refractivity contribution in [3.05, 3.63) is 59.7 Å². The van der Waals surface area contributed by atoms with E-state index in [0.717, 1.165) is 11.3 Å². The highest BCUT2D eigenvalue weighted by Crippen LogP contribution is 2.27. The summed E-state index contributed by atoms with van der Waals surface area (Å²) in [5.41, 5.74) is 3.55. The molecule has 2 aromatic carbocycles. The number of carbonyl (C=O) groups excluding carboxylic acids is 1. The largest absolute Gasteiger partial charge is 0.481 e. The molecule has 192 valence electrons. The maximum atomic E-state index is 12.2. The highest BCUT2D eigenvalue weighted by Gasteiger charge is 2.18. The maximum absolute atomic E-state index is 12.2. The minimum absolute atomic E-state index is 0.00747. The summed E-state index contributed by atoms with van der Waals surface area (Å²) in [7, 11) is 0. The lowest BCUT2D eigenvalue weighted by Crippen LogP contribution is -2.32. The molecule has 2 N–H and O–H groups in total. The number of hydrogen-bond acceptors (Lipinski definition) is 7. The normalized spacial score (nSPS) is 12.4. The number of ether oxygens (including phenoxy) is 1. The summed E-state index contributed by atoms with van der Waals surface area (Å²) < 4.78 is 11.5. The number of nitrogens with one attached hydrogen (secondary N) is 1. The van der Waals surface area contributed by atoms with Gasteiger partial charge in [-0.1, -0.05) is 51.9 Å². The van der Waals surface area contributed by atoms with Crippen molar-refractivity contribution in [2.45, 2.75) is 65.3 Å². The van der Waals surface area contributed by atoms with E-state index in [9.17, 15) is 9.59 Å². The Hall–Kier alpha value is -3.68. The molecule has 0 aliphatic heterocycles. The number of aromatic nitrogens is 2. The molecule has 0 amide bonds. The lowest BCUT2D eigenvalue weighted by Gasteiger charge is -2.23. The second kappa shape index (κ2) is 11.8. The first-order valence-electron chi connectivity index (χ1n) is 12.2. The van der Waals surface area contributed by atoms with Gasteiger partial charge < -0.3 is 19.6 Å². The number of carboxylic acid groups (broad SMARTS) is 1. The minimum Gasteiger partial charge on any atom is -0.481 e. The molecule has 3 aromatic rings. The van der Waals surface area contributed by atoms with Gasteiger partial charge in [-0.05, 0) is 59.7 Å². The lowest BCUT2D eigenvalue weighted by molar-refractivity contribution is -0.137. The highest BCUT2D eigenvalue weighted by molar-refractivity contribution is 5.96. The fourth-order valence-electron chi connectivity index (χ4n) is 3.57. The van der Waals surface area contributed by atoms with Gasteiger partial charge in [0.25, 0.3) is 5.89 Å². The average Bonchev–Trinajstić information content (AvgIpc) is 3.30. The summed E-state index contributed by atoms with van der Waals surface area (Å²) in [4.78, 5) is 22.9. The Bertz CT molecular complexity index is 1150. The van der Waals surface area contributed by atoms with Crippen LogP contribution in [0.5, 0.6) is 6.08 Å². The van der Waals surface area contributed by atoms with Crippen molar-refractivity contribution in [2.24, 2.45) is 5.92 Å². The predicted octanol–water partition coefficient (Wildman–Crippen LogP) is 5.99. The number of carboxylic acids is 1. The van der Waals surface area contributed by atoms with Crippen molar-refractivity contribution in [2.75, 3.05) is 11.9 Å². The van der Waals surface area contributed by atoms with Crippen LogP contribution in [0.4, 0.5) is 5.69 Å². The zero-order valence-corrected chi connectivity index (χ0v) is 21.6. The third-order valence-electron chi connectivity index (χ3n) is 5.95. The van der Waals surface area contributed by atoms with Crippen molar-refractivity contribution in [3.63, 3.8) is 0 Å². The van der Waals surface area contributed by atoms with Crippen LogP contribution in [0.15, 0.2) is 52.9 Å². The van der Waals surface area contributed by atoms with Crippen LogP contribution in [-0.2, 0) is 10.2 Å². The number of nitrogens with zero attached hydrogens (tertiary/aromatic N) is 2. The van der Waals surface area contributed by atoms with Crippen LogP contribution in [0, 0.1) is 5.92 Å². The SMILES string of the molecule is CC(C)[C@@H](COc1nnc(-c2ccc(C(C)(C)C)cc2)o1)Nc1ccc(C(=O)CCCC(=O)O)cc1.